The first-order chi connectivity index (χ1) is 13.9. The molecule has 1 heterocycles. The molecule has 1 atom stereocenters. The van der Waals surface area contributed by atoms with Gasteiger partial charge in [0, 0.05) is 43.4 Å². The van der Waals surface area contributed by atoms with Gasteiger partial charge in [-0.2, -0.15) is 0 Å². The van der Waals surface area contributed by atoms with E-state index in [0.717, 1.165) is 18.1 Å². The Morgan fingerprint density at radius 1 is 1.23 bits per heavy atom. The fourth-order valence-corrected chi connectivity index (χ4v) is 3.06. The Bertz CT molecular complexity index is 798. The molecule has 168 valence electrons. The quantitative estimate of drug-likeness (QED) is 0.176. The van der Waals surface area contributed by atoms with E-state index in [0.29, 0.717) is 47.9 Å². The van der Waals surface area contributed by atoms with Gasteiger partial charge in [-0.25, -0.2) is 4.99 Å². The van der Waals surface area contributed by atoms with Gasteiger partial charge in [-0.3, -0.25) is 0 Å². The van der Waals surface area contributed by atoms with Crippen molar-refractivity contribution in [1.29, 1.82) is 0 Å². The van der Waals surface area contributed by atoms with E-state index < -0.39 is 6.10 Å². The minimum atomic E-state index is -0.793. The normalized spacial score (nSPS) is 12.4. The lowest BCUT2D eigenvalue weighted by Gasteiger charge is -2.16. The average Bonchev–Trinajstić information content (AvgIpc) is 3.00. The molecule has 2 aromatic rings. The van der Waals surface area contributed by atoms with E-state index in [-0.39, 0.29) is 30.5 Å². The van der Waals surface area contributed by atoms with Crippen LogP contribution in [0.15, 0.2) is 23.2 Å². The molecule has 0 bridgehead atoms. The van der Waals surface area contributed by atoms with E-state index in [1.807, 2.05) is 25.5 Å². The van der Waals surface area contributed by atoms with Crippen LogP contribution in [-0.4, -0.2) is 52.1 Å². The van der Waals surface area contributed by atoms with Gasteiger partial charge >= 0.3 is 0 Å². The fourth-order valence-electron chi connectivity index (χ4n) is 2.52. The molecule has 0 saturated carbocycles. The number of aromatic nitrogens is 3. The van der Waals surface area contributed by atoms with E-state index in [4.69, 9.17) is 27.9 Å². The zero-order valence-electron chi connectivity index (χ0n) is 17.4. The summed E-state index contributed by atoms with van der Waals surface area (Å²) in [5.41, 5.74) is 0.634. The highest BCUT2D eigenvalue weighted by Crippen LogP contribution is 2.23. The predicted molar refractivity (Wildman–Crippen MR) is 131 cm³/mol. The third-order valence-electron chi connectivity index (χ3n) is 4.26. The molecule has 1 aromatic carbocycles. The second-order valence-corrected chi connectivity index (χ2v) is 7.34. The first-order valence-corrected chi connectivity index (χ1v) is 10.2. The molecule has 0 aliphatic rings. The molecule has 0 radical (unpaired) electrons. The van der Waals surface area contributed by atoms with Crippen molar-refractivity contribution < 1.29 is 9.84 Å². The lowest BCUT2D eigenvalue weighted by atomic mass is 10.1. The van der Waals surface area contributed by atoms with Crippen molar-refractivity contribution in [2.75, 3.05) is 26.3 Å². The van der Waals surface area contributed by atoms with Gasteiger partial charge in [0.05, 0.1) is 6.10 Å². The van der Waals surface area contributed by atoms with Crippen molar-refractivity contribution >= 4 is 53.1 Å². The van der Waals surface area contributed by atoms with Gasteiger partial charge in [0.15, 0.2) is 11.8 Å². The maximum atomic E-state index is 10.5. The Balaban J connectivity index is 0.00000450. The Labute approximate surface area is 204 Å². The Kier molecular flexibility index (Phi) is 12.6. The zero-order chi connectivity index (χ0) is 21.2. The van der Waals surface area contributed by atoms with E-state index in [1.54, 1.807) is 18.2 Å². The van der Waals surface area contributed by atoms with E-state index >= 15 is 0 Å². The lowest BCUT2D eigenvalue weighted by molar-refractivity contribution is 0.145. The molecule has 30 heavy (non-hydrogen) atoms. The first kappa shape index (κ1) is 26.9. The summed E-state index contributed by atoms with van der Waals surface area (Å²) in [5, 5.41) is 26.0. The van der Waals surface area contributed by atoms with Crippen molar-refractivity contribution in [2.24, 2.45) is 12.0 Å². The first-order valence-electron chi connectivity index (χ1n) is 9.49. The van der Waals surface area contributed by atoms with Crippen molar-refractivity contribution in [1.82, 2.24) is 25.4 Å². The standard InChI is InChI=1S/C19H28Cl2N6O2.HI/c1-4-29-7-5-6-22-19(24-12-18-26-25-13(2)27(18)3)23-11-17(28)14-8-15(20)10-16(21)9-14;/h8-10,17,28H,4-7,11-12H2,1-3H3,(H2,22,23,24);1H. The van der Waals surface area contributed by atoms with Gasteiger partial charge in [0.1, 0.15) is 12.4 Å². The number of ether oxygens (including phenoxy) is 1. The van der Waals surface area contributed by atoms with Gasteiger partial charge in [-0.05, 0) is 44.0 Å². The number of aliphatic imine (C=N–C) groups is 1. The van der Waals surface area contributed by atoms with Crippen LogP contribution in [0.2, 0.25) is 10.0 Å². The van der Waals surface area contributed by atoms with Crippen LogP contribution in [0.3, 0.4) is 0 Å². The fraction of sp³-hybridized carbons (Fsp3) is 0.526. The SMILES string of the molecule is CCOCCCNC(=NCc1nnc(C)n1C)NCC(O)c1cc(Cl)cc(Cl)c1.I. The summed E-state index contributed by atoms with van der Waals surface area (Å²) in [4.78, 5) is 4.55. The van der Waals surface area contributed by atoms with Crippen LogP contribution in [0.4, 0.5) is 0 Å². The van der Waals surface area contributed by atoms with Crippen LogP contribution < -0.4 is 10.6 Å². The number of hydrogen-bond donors (Lipinski definition) is 3. The van der Waals surface area contributed by atoms with Crippen LogP contribution >= 0.6 is 47.2 Å². The summed E-state index contributed by atoms with van der Waals surface area (Å²) in [6, 6.07) is 5.01. The molecule has 0 saturated heterocycles. The van der Waals surface area contributed by atoms with Crippen LogP contribution in [0.5, 0.6) is 0 Å². The van der Waals surface area contributed by atoms with E-state index in [2.05, 4.69) is 25.8 Å². The zero-order valence-corrected chi connectivity index (χ0v) is 21.2. The van der Waals surface area contributed by atoms with Gasteiger partial charge in [0.25, 0.3) is 0 Å². The number of hydrogen-bond acceptors (Lipinski definition) is 5. The molecular weight excluding hydrogens is 542 g/mol. The van der Waals surface area contributed by atoms with Gasteiger partial charge < -0.3 is 25.0 Å². The monoisotopic (exact) mass is 570 g/mol. The number of aryl methyl sites for hydroxylation is 1. The van der Waals surface area contributed by atoms with Crippen LogP contribution in [0.25, 0.3) is 0 Å². The highest BCUT2D eigenvalue weighted by molar-refractivity contribution is 14.0. The summed E-state index contributed by atoms with van der Waals surface area (Å²) in [5.74, 6) is 2.14. The number of guanidine groups is 1. The van der Waals surface area contributed by atoms with Gasteiger partial charge in [-0.1, -0.05) is 23.2 Å². The Morgan fingerprint density at radius 2 is 1.93 bits per heavy atom. The number of aliphatic hydroxyl groups excluding tert-OH is 1. The number of nitrogens with one attached hydrogen (secondary N) is 2. The number of nitrogens with zero attached hydrogens (tertiary/aromatic N) is 4. The number of halogens is 3. The van der Waals surface area contributed by atoms with E-state index in [9.17, 15) is 5.11 Å². The molecule has 0 fully saturated rings. The maximum absolute atomic E-state index is 10.5. The van der Waals surface area contributed by atoms with Crippen LogP contribution in [-0.2, 0) is 18.3 Å². The maximum Gasteiger partial charge on any atom is 0.191 e. The van der Waals surface area contributed by atoms with Crippen molar-refractivity contribution in [3.63, 3.8) is 0 Å². The Hall–Kier alpha value is -1.14. The largest absolute Gasteiger partial charge is 0.387 e. The number of rotatable bonds is 10. The Morgan fingerprint density at radius 3 is 2.53 bits per heavy atom. The van der Waals surface area contributed by atoms with Crippen molar-refractivity contribution in [3.8, 4) is 0 Å². The van der Waals surface area contributed by atoms with Crippen molar-refractivity contribution in [2.45, 2.75) is 32.9 Å². The van der Waals surface area contributed by atoms with Gasteiger partial charge in [-0.15, -0.1) is 34.2 Å². The molecule has 0 amide bonds. The van der Waals surface area contributed by atoms with E-state index in [1.165, 1.54) is 0 Å². The topological polar surface area (TPSA) is 96.6 Å². The smallest absolute Gasteiger partial charge is 0.191 e. The third-order valence-corrected chi connectivity index (χ3v) is 4.69. The average molecular weight is 571 g/mol. The predicted octanol–water partition coefficient (Wildman–Crippen LogP) is 3.24. The molecule has 8 nitrogen and oxygen atoms in total. The molecule has 1 unspecified atom stereocenters. The van der Waals surface area contributed by atoms with Crippen LogP contribution in [0.1, 0.15) is 36.7 Å². The summed E-state index contributed by atoms with van der Waals surface area (Å²) >= 11 is 12.0. The molecule has 0 spiro atoms. The number of aliphatic hydroxyl groups is 1. The van der Waals surface area contributed by atoms with Gasteiger partial charge in [0.2, 0.25) is 0 Å². The summed E-state index contributed by atoms with van der Waals surface area (Å²) in [7, 11) is 1.90. The minimum absolute atomic E-state index is 0. The molecule has 0 aliphatic heterocycles. The highest BCUT2D eigenvalue weighted by Gasteiger charge is 2.11. The molecule has 0 aliphatic carbocycles. The minimum Gasteiger partial charge on any atom is -0.387 e. The number of benzene rings is 1. The molecular formula is C19H29Cl2IN6O2. The second kappa shape index (κ2) is 14.0. The summed E-state index contributed by atoms with van der Waals surface area (Å²) in [6.45, 7) is 6.50. The molecule has 11 heteroatoms. The van der Waals surface area contributed by atoms with Crippen molar-refractivity contribution in [3.05, 3.63) is 45.5 Å². The highest BCUT2D eigenvalue weighted by atomic mass is 127. The molecule has 3 N–H and O–H groups in total. The lowest BCUT2D eigenvalue weighted by Crippen LogP contribution is -2.40. The third kappa shape index (κ3) is 8.93. The molecule has 1 aromatic heterocycles. The van der Waals surface area contributed by atoms with Crippen LogP contribution in [0, 0.1) is 6.92 Å². The molecule has 2 rings (SSSR count). The summed E-state index contributed by atoms with van der Waals surface area (Å²) < 4.78 is 7.24. The summed E-state index contributed by atoms with van der Waals surface area (Å²) in [6.07, 6.45) is 0.0445. The second-order valence-electron chi connectivity index (χ2n) is 6.46.